The zero-order valence-corrected chi connectivity index (χ0v) is 12.1. The van der Waals surface area contributed by atoms with E-state index in [1.165, 1.54) is 12.1 Å². The molecule has 0 radical (unpaired) electrons. The Balaban J connectivity index is 2.51. The van der Waals surface area contributed by atoms with Gasteiger partial charge in [-0.2, -0.15) is 0 Å². The summed E-state index contributed by atoms with van der Waals surface area (Å²) >= 11 is 0. The van der Waals surface area contributed by atoms with E-state index >= 15 is 0 Å². The second-order valence-electron chi connectivity index (χ2n) is 4.59. The first-order chi connectivity index (χ1) is 9.43. The molecule has 2 aromatic rings. The molecule has 3 nitrogen and oxygen atoms in total. The lowest BCUT2D eigenvalue weighted by atomic mass is 9.98. The van der Waals surface area contributed by atoms with Crippen LogP contribution in [0, 0.1) is 5.82 Å². The summed E-state index contributed by atoms with van der Waals surface area (Å²) in [7, 11) is -1.57. The van der Waals surface area contributed by atoms with Gasteiger partial charge in [-0.25, -0.2) is 12.8 Å². The van der Waals surface area contributed by atoms with E-state index in [0.29, 0.717) is 11.1 Å². The quantitative estimate of drug-likeness (QED) is 0.942. The maximum atomic E-state index is 13.9. The summed E-state index contributed by atoms with van der Waals surface area (Å²) in [5.74, 6) is -0.323. The van der Waals surface area contributed by atoms with Crippen LogP contribution in [0.5, 0.6) is 0 Å². The fourth-order valence-corrected chi connectivity index (χ4v) is 2.81. The number of hydrogen-bond acceptors (Lipinski definition) is 3. The van der Waals surface area contributed by atoms with Crippen molar-refractivity contribution >= 4 is 9.84 Å². The second-order valence-corrected chi connectivity index (χ2v) is 6.60. The number of halogens is 1. The normalized spacial score (nSPS) is 13.2. The molecule has 0 spiro atoms. The van der Waals surface area contributed by atoms with Crippen LogP contribution in [0.15, 0.2) is 53.4 Å². The van der Waals surface area contributed by atoms with Crippen molar-refractivity contribution in [2.45, 2.75) is 10.9 Å². The van der Waals surface area contributed by atoms with Crippen LogP contribution in [0.4, 0.5) is 4.39 Å². The minimum Gasteiger partial charge on any atom is -0.309 e. The monoisotopic (exact) mass is 293 g/mol. The standard InChI is InChI=1S/C15H16FNO2S/c1-17-15(13-8-3-4-9-14(13)16)11-6-5-7-12(10-11)20(2,18)19/h3-10,15,17H,1-2H3. The Bertz CT molecular complexity index is 713. The Morgan fingerprint density at radius 2 is 1.80 bits per heavy atom. The van der Waals surface area contributed by atoms with Crippen LogP contribution in [-0.2, 0) is 9.84 Å². The zero-order chi connectivity index (χ0) is 14.8. The number of rotatable bonds is 4. The minimum atomic E-state index is -3.28. The van der Waals surface area contributed by atoms with Gasteiger partial charge in [0.05, 0.1) is 10.9 Å². The van der Waals surface area contributed by atoms with Gasteiger partial charge in [-0.1, -0.05) is 30.3 Å². The van der Waals surface area contributed by atoms with Crippen LogP contribution in [0.3, 0.4) is 0 Å². The number of sulfone groups is 1. The largest absolute Gasteiger partial charge is 0.309 e. The highest BCUT2D eigenvalue weighted by Crippen LogP contribution is 2.25. The molecule has 0 aliphatic carbocycles. The molecule has 0 aromatic heterocycles. The molecule has 1 atom stereocenters. The SMILES string of the molecule is CNC(c1cccc(S(C)(=O)=O)c1)c1ccccc1F. The van der Waals surface area contributed by atoms with E-state index in [9.17, 15) is 12.8 Å². The first-order valence-electron chi connectivity index (χ1n) is 6.15. The second kappa shape index (κ2) is 5.73. The summed E-state index contributed by atoms with van der Waals surface area (Å²) in [6.07, 6.45) is 1.16. The molecule has 5 heteroatoms. The molecule has 0 bridgehead atoms. The molecular formula is C15H16FNO2S. The van der Waals surface area contributed by atoms with Crippen molar-refractivity contribution < 1.29 is 12.8 Å². The molecule has 0 amide bonds. The smallest absolute Gasteiger partial charge is 0.175 e. The topological polar surface area (TPSA) is 46.2 Å². The highest BCUT2D eigenvalue weighted by atomic mass is 32.2. The van der Waals surface area contributed by atoms with Crippen molar-refractivity contribution in [2.75, 3.05) is 13.3 Å². The van der Waals surface area contributed by atoms with E-state index in [-0.39, 0.29) is 10.7 Å². The third-order valence-electron chi connectivity index (χ3n) is 3.12. The predicted octanol–water partition coefficient (Wildman–Crippen LogP) is 2.54. The van der Waals surface area contributed by atoms with Gasteiger partial charge < -0.3 is 5.32 Å². The highest BCUT2D eigenvalue weighted by molar-refractivity contribution is 7.90. The number of nitrogens with one attached hydrogen (secondary N) is 1. The summed E-state index contributed by atoms with van der Waals surface area (Å²) in [6, 6.07) is 12.6. The molecule has 2 aromatic carbocycles. The maximum Gasteiger partial charge on any atom is 0.175 e. The van der Waals surface area contributed by atoms with Crippen molar-refractivity contribution in [2.24, 2.45) is 0 Å². The lowest BCUT2D eigenvalue weighted by molar-refractivity contribution is 0.575. The van der Waals surface area contributed by atoms with Crippen LogP contribution in [-0.4, -0.2) is 21.7 Å². The fourth-order valence-electron chi connectivity index (χ4n) is 2.14. The van der Waals surface area contributed by atoms with Crippen LogP contribution in [0.2, 0.25) is 0 Å². The molecule has 20 heavy (non-hydrogen) atoms. The number of benzene rings is 2. The van der Waals surface area contributed by atoms with Gasteiger partial charge in [-0.05, 0) is 30.8 Å². The van der Waals surface area contributed by atoms with Crippen molar-refractivity contribution in [1.82, 2.24) is 5.32 Å². The summed E-state index contributed by atoms with van der Waals surface area (Å²) in [5.41, 5.74) is 1.20. The third-order valence-corrected chi connectivity index (χ3v) is 4.23. The summed E-state index contributed by atoms with van der Waals surface area (Å²) in [5, 5.41) is 3.02. The van der Waals surface area contributed by atoms with E-state index in [1.807, 2.05) is 0 Å². The molecular weight excluding hydrogens is 277 g/mol. The number of hydrogen-bond donors (Lipinski definition) is 1. The lowest BCUT2D eigenvalue weighted by Crippen LogP contribution is -2.19. The fraction of sp³-hybridized carbons (Fsp3) is 0.200. The molecule has 0 saturated heterocycles. The average Bonchev–Trinajstić information content (AvgIpc) is 2.41. The van der Waals surface area contributed by atoms with Gasteiger partial charge in [0.15, 0.2) is 9.84 Å². The predicted molar refractivity (Wildman–Crippen MR) is 76.9 cm³/mol. The summed E-state index contributed by atoms with van der Waals surface area (Å²) in [6.45, 7) is 0. The van der Waals surface area contributed by atoms with Gasteiger partial charge in [-0.15, -0.1) is 0 Å². The van der Waals surface area contributed by atoms with Crippen molar-refractivity contribution in [3.8, 4) is 0 Å². The molecule has 0 saturated carbocycles. The summed E-state index contributed by atoms with van der Waals surface area (Å²) in [4.78, 5) is 0.228. The molecule has 0 aliphatic rings. The van der Waals surface area contributed by atoms with Crippen LogP contribution in [0.25, 0.3) is 0 Å². The van der Waals surface area contributed by atoms with E-state index in [1.54, 1.807) is 43.4 Å². The molecule has 106 valence electrons. The Hall–Kier alpha value is -1.72. The molecule has 1 N–H and O–H groups in total. The van der Waals surface area contributed by atoms with Gasteiger partial charge >= 0.3 is 0 Å². The minimum absolute atomic E-state index is 0.228. The highest BCUT2D eigenvalue weighted by Gasteiger charge is 2.17. The Kier molecular flexibility index (Phi) is 4.20. The van der Waals surface area contributed by atoms with Crippen LogP contribution >= 0.6 is 0 Å². The zero-order valence-electron chi connectivity index (χ0n) is 11.3. The Labute approximate surface area is 118 Å². The van der Waals surface area contributed by atoms with Gasteiger partial charge in [0.25, 0.3) is 0 Å². The molecule has 2 rings (SSSR count). The van der Waals surface area contributed by atoms with E-state index < -0.39 is 15.9 Å². The first kappa shape index (κ1) is 14.7. The van der Waals surface area contributed by atoms with Gasteiger partial charge in [0.1, 0.15) is 5.82 Å². The Morgan fingerprint density at radius 3 is 2.40 bits per heavy atom. The first-order valence-corrected chi connectivity index (χ1v) is 8.04. The van der Waals surface area contributed by atoms with Crippen LogP contribution < -0.4 is 5.32 Å². The van der Waals surface area contributed by atoms with Crippen molar-refractivity contribution in [3.05, 3.63) is 65.5 Å². The third kappa shape index (κ3) is 3.05. The van der Waals surface area contributed by atoms with Crippen LogP contribution in [0.1, 0.15) is 17.2 Å². The Morgan fingerprint density at radius 1 is 1.10 bits per heavy atom. The molecule has 0 heterocycles. The van der Waals surface area contributed by atoms with Gasteiger partial charge in [0.2, 0.25) is 0 Å². The van der Waals surface area contributed by atoms with E-state index in [4.69, 9.17) is 0 Å². The maximum absolute atomic E-state index is 13.9. The molecule has 0 fully saturated rings. The van der Waals surface area contributed by atoms with Crippen molar-refractivity contribution in [1.29, 1.82) is 0 Å². The summed E-state index contributed by atoms with van der Waals surface area (Å²) < 4.78 is 37.1. The van der Waals surface area contributed by atoms with E-state index in [0.717, 1.165) is 6.26 Å². The van der Waals surface area contributed by atoms with Gasteiger partial charge in [-0.3, -0.25) is 0 Å². The van der Waals surface area contributed by atoms with Crippen molar-refractivity contribution in [3.63, 3.8) is 0 Å². The van der Waals surface area contributed by atoms with E-state index in [2.05, 4.69) is 5.32 Å². The molecule has 0 aliphatic heterocycles. The molecule has 1 unspecified atom stereocenters. The average molecular weight is 293 g/mol. The lowest BCUT2D eigenvalue weighted by Gasteiger charge is -2.18. The van der Waals surface area contributed by atoms with Gasteiger partial charge in [0, 0.05) is 11.8 Å².